The van der Waals surface area contributed by atoms with E-state index in [0.717, 1.165) is 22.0 Å². The summed E-state index contributed by atoms with van der Waals surface area (Å²) in [6.07, 6.45) is 1.71. The number of methoxy groups -OCH3 is 1. The van der Waals surface area contributed by atoms with Crippen LogP contribution in [0, 0.1) is 0 Å². The lowest BCUT2D eigenvalue weighted by Crippen LogP contribution is -2.30. The van der Waals surface area contributed by atoms with E-state index in [-0.39, 0.29) is 6.04 Å². The first-order valence-corrected chi connectivity index (χ1v) is 7.26. The molecule has 0 saturated heterocycles. The van der Waals surface area contributed by atoms with Gasteiger partial charge in [-0.3, -0.25) is 5.84 Å². The molecule has 0 aliphatic carbocycles. The molecule has 1 aromatic carbocycles. The molecule has 0 spiro atoms. The highest BCUT2D eigenvalue weighted by atomic mass is 32.1. The number of hydrazine groups is 1. The van der Waals surface area contributed by atoms with Gasteiger partial charge < -0.3 is 4.74 Å². The quantitative estimate of drug-likeness (QED) is 0.556. The molecule has 7 heteroatoms. The maximum atomic E-state index is 5.76. The Kier molecular flexibility index (Phi) is 3.96. The standard InChI is InChI=1S/C14H15N5OS/c1-20-12-7-8-21-14(12)13(17-15)11-9-16-18-19(11)10-5-3-2-4-6-10/h2-9,13,17H,15H2,1H3. The lowest BCUT2D eigenvalue weighted by molar-refractivity contribution is 0.407. The van der Waals surface area contributed by atoms with E-state index in [1.807, 2.05) is 41.8 Å². The fourth-order valence-corrected chi connectivity index (χ4v) is 3.12. The van der Waals surface area contributed by atoms with Crippen LogP contribution in [0.3, 0.4) is 0 Å². The van der Waals surface area contributed by atoms with Crippen LogP contribution in [0.4, 0.5) is 0 Å². The molecule has 1 unspecified atom stereocenters. The van der Waals surface area contributed by atoms with Crippen molar-refractivity contribution in [2.75, 3.05) is 7.11 Å². The Labute approximate surface area is 126 Å². The van der Waals surface area contributed by atoms with E-state index < -0.39 is 0 Å². The molecular formula is C14H15N5OS. The van der Waals surface area contributed by atoms with Gasteiger partial charge in [0, 0.05) is 0 Å². The Morgan fingerprint density at radius 1 is 1.29 bits per heavy atom. The number of ether oxygens (including phenoxy) is 1. The van der Waals surface area contributed by atoms with Crippen molar-refractivity contribution in [1.82, 2.24) is 20.4 Å². The third kappa shape index (κ3) is 2.54. The van der Waals surface area contributed by atoms with Gasteiger partial charge in [0.25, 0.3) is 0 Å². The monoisotopic (exact) mass is 301 g/mol. The maximum Gasteiger partial charge on any atom is 0.134 e. The van der Waals surface area contributed by atoms with E-state index in [4.69, 9.17) is 10.6 Å². The fourth-order valence-electron chi connectivity index (χ4n) is 2.19. The third-order valence-electron chi connectivity index (χ3n) is 3.18. The molecule has 0 aliphatic heterocycles. The van der Waals surface area contributed by atoms with Crippen LogP contribution in [0.2, 0.25) is 0 Å². The summed E-state index contributed by atoms with van der Waals surface area (Å²) in [5.41, 5.74) is 4.60. The molecule has 0 amide bonds. The number of rotatable bonds is 5. The molecule has 0 fully saturated rings. The van der Waals surface area contributed by atoms with E-state index in [9.17, 15) is 0 Å². The van der Waals surface area contributed by atoms with Crippen molar-refractivity contribution < 1.29 is 4.74 Å². The van der Waals surface area contributed by atoms with Crippen LogP contribution >= 0.6 is 11.3 Å². The summed E-state index contributed by atoms with van der Waals surface area (Å²) < 4.78 is 7.14. The largest absolute Gasteiger partial charge is 0.496 e. The highest BCUT2D eigenvalue weighted by Gasteiger charge is 2.23. The van der Waals surface area contributed by atoms with Gasteiger partial charge in [-0.05, 0) is 23.6 Å². The molecule has 0 saturated carbocycles. The summed E-state index contributed by atoms with van der Waals surface area (Å²) in [5, 5.41) is 10.1. The lowest BCUT2D eigenvalue weighted by Gasteiger charge is -2.17. The zero-order valence-electron chi connectivity index (χ0n) is 11.4. The molecule has 108 valence electrons. The third-order valence-corrected chi connectivity index (χ3v) is 4.14. The average molecular weight is 301 g/mol. The molecule has 0 bridgehead atoms. The number of nitrogens with one attached hydrogen (secondary N) is 1. The van der Waals surface area contributed by atoms with Crippen molar-refractivity contribution in [2.45, 2.75) is 6.04 Å². The number of aromatic nitrogens is 3. The molecule has 3 rings (SSSR count). The molecule has 6 nitrogen and oxygen atoms in total. The molecule has 0 radical (unpaired) electrons. The molecule has 3 N–H and O–H groups in total. The van der Waals surface area contributed by atoms with Crippen molar-refractivity contribution in [3.63, 3.8) is 0 Å². The molecule has 21 heavy (non-hydrogen) atoms. The summed E-state index contributed by atoms with van der Waals surface area (Å²) in [6, 6.07) is 11.5. The summed E-state index contributed by atoms with van der Waals surface area (Å²) in [5.74, 6) is 6.55. The number of hydrogen-bond donors (Lipinski definition) is 2. The van der Waals surface area contributed by atoms with Crippen LogP contribution in [0.25, 0.3) is 5.69 Å². The summed E-state index contributed by atoms with van der Waals surface area (Å²) in [6.45, 7) is 0. The van der Waals surface area contributed by atoms with Gasteiger partial charge in [-0.25, -0.2) is 10.1 Å². The van der Waals surface area contributed by atoms with E-state index in [0.29, 0.717) is 0 Å². The van der Waals surface area contributed by atoms with E-state index in [1.54, 1.807) is 29.3 Å². The predicted octanol–water partition coefficient (Wildman–Crippen LogP) is 1.89. The van der Waals surface area contributed by atoms with Gasteiger partial charge in [0.15, 0.2) is 0 Å². The van der Waals surface area contributed by atoms with Crippen molar-refractivity contribution >= 4 is 11.3 Å². The van der Waals surface area contributed by atoms with Gasteiger partial charge in [-0.2, -0.15) is 0 Å². The Morgan fingerprint density at radius 3 is 2.81 bits per heavy atom. The van der Waals surface area contributed by atoms with E-state index in [2.05, 4.69) is 15.7 Å². The molecule has 1 atom stereocenters. The topological polar surface area (TPSA) is 78.0 Å². The van der Waals surface area contributed by atoms with Crippen LogP contribution < -0.4 is 16.0 Å². The Hall–Kier alpha value is -2.22. The number of hydrogen-bond acceptors (Lipinski definition) is 6. The minimum absolute atomic E-state index is 0.241. The first-order valence-electron chi connectivity index (χ1n) is 6.38. The molecular weight excluding hydrogens is 286 g/mol. The lowest BCUT2D eigenvalue weighted by atomic mass is 10.1. The maximum absolute atomic E-state index is 5.76. The summed E-state index contributed by atoms with van der Waals surface area (Å²) in [4.78, 5) is 0.986. The van der Waals surface area contributed by atoms with Crippen LogP contribution in [0.15, 0.2) is 48.0 Å². The first kappa shape index (κ1) is 13.7. The smallest absolute Gasteiger partial charge is 0.134 e. The van der Waals surface area contributed by atoms with Crippen LogP contribution in [0.5, 0.6) is 5.75 Å². The number of nitrogens with zero attached hydrogens (tertiary/aromatic N) is 3. The second-order valence-corrected chi connectivity index (χ2v) is 5.31. The predicted molar refractivity (Wildman–Crippen MR) is 81.4 cm³/mol. The Balaban J connectivity index is 2.05. The van der Waals surface area contributed by atoms with Crippen molar-refractivity contribution in [2.24, 2.45) is 5.84 Å². The minimum atomic E-state index is -0.241. The zero-order valence-corrected chi connectivity index (χ0v) is 12.2. The van der Waals surface area contributed by atoms with Gasteiger partial charge in [-0.1, -0.05) is 23.4 Å². The highest BCUT2D eigenvalue weighted by molar-refractivity contribution is 7.10. The van der Waals surface area contributed by atoms with Crippen LogP contribution in [-0.4, -0.2) is 22.1 Å². The van der Waals surface area contributed by atoms with Crippen LogP contribution in [0.1, 0.15) is 16.6 Å². The van der Waals surface area contributed by atoms with Crippen molar-refractivity contribution in [3.8, 4) is 11.4 Å². The van der Waals surface area contributed by atoms with Gasteiger partial charge in [0.1, 0.15) is 11.8 Å². The number of para-hydroxylation sites is 1. The average Bonchev–Trinajstić information content (AvgIpc) is 3.18. The second kappa shape index (κ2) is 6.04. The number of benzene rings is 1. The summed E-state index contributed by atoms with van der Waals surface area (Å²) >= 11 is 1.57. The number of thiophene rings is 1. The molecule has 2 aromatic heterocycles. The van der Waals surface area contributed by atoms with Crippen molar-refractivity contribution in [1.29, 1.82) is 0 Å². The van der Waals surface area contributed by atoms with Gasteiger partial charge in [-0.15, -0.1) is 16.4 Å². The zero-order chi connectivity index (χ0) is 14.7. The normalized spacial score (nSPS) is 12.3. The Morgan fingerprint density at radius 2 is 2.10 bits per heavy atom. The molecule has 3 aromatic rings. The molecule has 2 heterocycles. The summed E-state index contributed by atoms with van der Waals surface area (Å²) in [7, 11) is 1.64. The van der Waals surface area contributed by atoms with Gasteiger partial charge >= 0.3 is 0 Å². The number of nitrogens with two attached hydrogens (primary N) is 1. The first-order chi connectivity index (χ1) is 10.3. The van der Waals surface area contributed by atoms with Gasteiger partial charge in [0.05, 0.1) is 29.6 Å². The Bertz CT molecular complexity index is 709. The van der Waals surface area contributed by atoms with Crippen molar-refractivity contribution in [3.05, 3.63) is 58.5 Å². The SMILES string of the molecule is COc1ccsc1C(NN)c1cnnn1-c1ccccc1. The van der Waals surface area contributed by atoms with Gasteiger partial charge in [0.2, 0.25) is 0 Å². The minimum Gasteiger partial charge on any atom is -0.496 e. The van der Waals surface area contributed by atoms with Crippen LogP contribution in [-0.2, 0) is 0 Å². The van der Waals surface area contributed by atoms with E-state index >= 15 is 0 Å². The van der Waals surface area contributed by atoms with E-state index in [1.165, 1.54) is 0 Å². The second-order valence-electron chi connectivity index (χ2n) is 4.36. The molecule has 0 aliphatic rings. The highest BCUT2D eigenvalue weighted by Crippen LogP contribution is 2.34. The fraction of sp³-hybridized carbons (Fsp3) is 0.143.